The van der Waals surface area contributed by atoms with Crippen molar-refractivity contribution >= 4 is 5.97 Å². The van der Waals surface area contributed by atoms with Gasteiger partial charge in [-0.2, -0.15) is 0 Å². The van der Waals surface area contributed by atoms with Crippen LogP contribution in [0.4, 0.5) is 4.39 Å². The molecule has 92 valence electrons. The molecule has 0 amide bonds. The molecule has 0 bridgehead atoms. The van der Waals surface area contributed by atoms with Crippen molar-refractivity contribution in [2.45, 2.75) is 31.8 Å². The smallest absolute Gasteiger partial charge is 0.336 e. The van der Waals surface area contributed by atoms with E-state index < -0.39 is 29.8 Å². The number of benzene rings is 1. The van der Waals surface area contributed by atoms with Gasteiger partial charge in [0.25, 0.3) is 0 Å². The molecule has 0 aromatic heterocycles. The second-order valence-corrected chi connectivity index (χ2v) is 4.34. The lowest BCUT2D eigenvalue weighted by atomic mass is 10.0. The highest BCUT2D eigenvalue weighted by atomic mass is 19.1. The predicted molar refractivity (Wildman–Crippen MR) is 56.8 cm³/mol. The largest absolute Gasteiger partial charge is 0.479 e. The van der Waals surface area contributed by atoms with Crippen molar-refractivity contribution in [2.75, 3.05) is 0 Å². The molecule has 1 aromatic rings. The topological polar surface area (TPSA) is 55.8 Å². The SMILES string of the molecule is CC1(C)O[C@@H](C(=O)O)[C@H](c2ccccc2F)O1. The molecule has 1 heterocycles. The van der Waals surface area contributed by atoms with Gasteiger partial charge in [0, 0.05) is 5.56 Å². The maximum absolute atomic E-state index is 13.6. The van der Waals surface area contributed by atoms with Crippen molar-refractivity contribution in [2.24, 2.45) is 0 Å². The normalized spacial score (nSPS) is 27.0. The van der Waals surface area contributed by atoms with Gasteiger partial charge < -0.3 is 14.6 Å². The van der Waals surface area contributed by atoms with Crippen LogP contribution in [0.3, 0.4) is 0 Å². The van der Waals surface area contributed by atoms with Crippen LogP contribution < -0.4 is 0 Å². The highest BCUT2D eigenvalue weighted by Crippen LogP contribution is 2.39. The number of ether oxygens (including phenoxy) is 2. The number of aliphatic carboxylic acids is 1. The van der Waals surface area contributed by atoms with Gasteiger partial charge in [0.2, 0.25) is 0 Å². The molecule has 1 aliphatic rings. The number of hydrogen-bond acceptors (Lipinski definition) is 3. The van der Waals surface area contributed by atoms with Crippen molar-refractivity contribution in [1.29, 1.82) is 0 Å². The Bertz CT molecular complexity index is 444. The molecule has 2 atom stereocenters. The van der Waals surface area contributed by atoms with Crippen LogP contribution in [-0.2, 0) is 14.3 Å². The number of carboxylic acids is 1. The second kappa shape index (κ2) is 4.09. The number of hydrogen-bond donors (Lipinski definition) is 1. The highest BCUT2D eigenvalue weighted by molar-refractivity contribution is 5.74. The van der Waals surface area contributed by atoms with E-state index in [-0.39, 0.29) is 5.56 Å². The van der Waals surface area contributed by atoms with Gasteiger partial charge in [-0.05, 0) is 19.9 Å². The van der Waals surface area contributed by atoms with Crippen molar-refractivity contribution in [3.05, 3.63) is 35.6 Å². The first-order valence-corrected chi connectivity index (χ1v) is 5.23. The third-order valence-electron chi connectivity index (χ3n) is 2.55. The van der Waals surface area contributed by atoms with Crippen LogP contribution in [0, 0.1) is 5.82 Å². The van der Waals surface area contributed by atoms with E-state index in [4.69, 9.17) is 14.6 Å². The average Bonchev–Trinajstić information content (AvgIpc) is 2.55. The fourth-order valence-electron chi connectivity index (χ4n) is 1.88. The van der Waals surface area contributed by atoms with E-state index in [2.05, 4.69) is 0 Å². The number of rotatable bonds is 2. The predicted octanol–water partition coefficient (Wildman–Crippen LogP) is 2.10. The summed E-state index contributed by atoms with van der Waals surface area (Å²) < 4.78 is 24.3. The van der Waals surface area contributed by atoms with Gasteiger partial charge in [-0.1, -0.05) is 18.2 Å². The molecule has 0 aliphatic carbocycles. The Morgan fingerprint density at radius 1 is 1.35 bits per heavy atom. The molecule has 0 saturated carbocycles. The van der Waals surface area contributed by atoms with Gasteiger partial charge in [0.1, 0.15) is 11.9 Å². The Kier molecular flexibility index (Phi) is 2.89. The summed E-state index contributed by atoms with van der Waals surface area (Å²) in [4.78, 5) is 11.1. The lowest BCUT2D eigenvalue weighted by Gasteiger charge is -2.17. The van der Waals surface area contributed by atoms with Gasteiger partial charge in [-0.25, -0.2) is 9.18 Å². The van der Waals surface area contributed by atoms with Crippen LogP contribution in [0.5, 0.6) is 0 Å². The molecule has 1 fully saturated rings. The molecule has 17 heavy (non-hydrogen) atoms. The molecule has 1 aromatic carbocycles. The molecule has 1 aliphatic heterocycles. The standard InChI is InChI=1S/C12H13FO4/c1-12(2)16-9(10(17-12)11(14)15)7-5-3-4-6-8(7)13/h3-6,9-10H,1-2H3,(H,14,15)/t9-,10+/m0/s1. The molecule has 0 unspecified atom stereocenters. The summed E-state index contributed by atoms with van der Waals surface area (Å²) >= 11 is 0. The Labute approximate surface area is 98.0 Å². The third kappa shape index (κ3) is 2.30. The van der Waals surface area contributed by atoms with E-state index in [1.165, 1.54) is 18.2 Å². The number of carbonyl (C=O) groups is 1. The average molecular weight is 240 g/mol. The molecule has 2 rings (SSSR count). The maximum Gasteiger partial charge on any atom is 0.336 e. The van der Waals surface area contributed by atoms with E-state index in [0.29, 0.717) is 0 Å². The zero-order valence-electron chi connectivity index (χ0n) is 9.51. The summed E-state index contributed by atoms with van der Waals surface area (Å²) in [6, 6.07) is 5.94. The van der Waals surface area contributed by atoms with Crippen LogP contribution in [0.1, 0.15) is 25.5 Å². The number of halogens is 1. The van der Waals surface area contributed by atoms with Gasteiger partial charge in [-0.15, -0.1) is 0 Å². The minimum atomic E-state index is -1.19. The fourth-order valence-corrected chi connectivity index (χ4v) is 1.88. The molecular formula is C12H13FO4. The maximum atomic E-state index is 13.6. The van der Waals surface area contributed by atoms with E-state index in [1.54, 1.807) is 19.9 Å². The van der Waals surface area contributed by atoms with E-state index in [0.717, 1.165) is 0 Å². The quantitative estimate of drug-likeness (QED) is 0.860. The van der Waals surface area contributed by atoms with Crippen LogP contribution in [0.15, 0.2) is 24.3 Å². The molecule has 0 spiro atoms. The minimum Gasteiger partial charge on any atom is -0.479 e. The highest BCUT2D eigenvalue weighted by Gasteiger charge is 2.46. The van der Waals surface area contributed by atoms with Gasteiger partial charge in [0.15, 0.2) is 11.9 Å². The minimum absolute atomic E-state index is 0.200. The molecule has 5 heteroatoms. The van der Waals surface area contributed by atoms with E-state index >= 15 is 0 Å². The van der Waals surface area contributed by atoms with Crippen molar-refractivity contribution in [3.8, 4) is 0 Å². The zero-order chi connectivity index (χ0) is 12.6. The van der Waals surface area contributed by atoms with Crippen molar-refractivity contribution < 1.29 is 23.8 Å². The Morgan fingerprint density at radius 3 is 2.59 bits per heavy atom. The molecule has 0 radical (unpaired) electrons. The Hall–Kier alpha value is -1.46. The van der Waals surface area contributed by atoms with Crippen LogP contribution >= 0.6 is 0 Å². The molecule has 4 nitrogen and oxygen atoms in total. The second-order valence-electron chi connectivity index (χ2n) is 4.34. The fraction of sp³-hybridized carbons (Fsp3) is 0.417. The van der Waals surface area contributed by atoms with E-state index in [1.807, 2.05) is 0 Å². The zero-order valence-corrected chi connectivity index (χ0v) is 9.51. The van der Waals surface area contributed by atoms with Crippen LogP contribution in [0.2, 0.25) is 0 Å². The summed E-state index contributed by atoms with van der Waals surface area (Å²) in [5.41, 5.74) is 0.200. The van der Waals surface area contributed by atoms with Crippen molar-refractivity contribution in [1.82, 2.24) is 0 Å². The van der Waals surface area contributed by atoms with Gasteiger partial charge in [-0.3, -0.25) is 0 Å². The first-order valence-electron chi connectivity index (χ1n) is 5.23. The molecule has 1 N–H and O–H groups in total. The summed E-state index contributed by atoms with van der Waals surface area (Å²) in [5, 5.41) is 9.04. The number of carboxylic acid groups (broad SMARTS) is 1. The summed E-state index contributed by atoms with van der Waals surface area (Å²) in [6.45, 7) is 3.20. The van der Waals surface area contributed by atoms with Crippen LogP contribution in [-0.4, -0.2) is 23.0 Å². The summed E-state index contributed by atoms with van der Waals surface area (Å²) in [7, 11) is 0. The third-order valence-corrected chi connectivity index (χ3v) is 2.55. The lowest BCUT2D eigenvalue weighted by Crippen LogP contribution is -2.27. The summed E-state index contributed by atoms with van der Waals surface area (Å²) in [6.07, 6.45) is -2.12. The van der Waals surface area contributed by atoms with Gasteiger partial charge in [0.05, 0.1) is 0 Å². The summed E-state index contributed by atoms with van der Waals surface area (Å²) in [5.74, 6) is -2.69. The first kappa shape index (κ1) is 12.0. The lowest BCUT2D eigenvalue weighted by molar-refractivity contribution is -0.165. The molecule has 1 saturated heterocycles. The monoisotopic (exact) mass is 240 g/mol. The first-order chi connectivity index (χ1) is 7.91. The van der Waals surface area contributed by atoms with Gasteiger partial charge >= 0.3 is 5.97 Å². The molecular weight excluding hydrogens is 227 g/mol. The van der Waals surface area contributed by atoms with E-state index in [9.17, 15) is 9.18 Å². The van der Waals surface area contributed by atoms with Crippen molar-refractivity contribution in [3.63, 3.8) is 0 Å². The Morgan fingerprint density at radius 2 is 2.00 bits per heavy atom. The Balaban J connectivity index is 2.37. The van der Waals surface area contributed by atoms with Crippen LogP contribution in [0.25, 0.3) is 0 Å².